The van der Waals surface area contributed by atoms with Gasteiger partial charge in [-0.05, 0) is 45.9 Å². The lowest BCUT2D eigenvalue weighted by molar-refractivity contribution is 1.01. The van der Waals surface area contributed by atoms with E-state index in [1.807, 2.05) is 0 Å². The van der Waals surface area contributed by atoms with Gasteiger partial charge in [0.1, 0.15) is 0 Å². The van der Waals surface area contributed by atoms with Crippen molar-refractivity contribution in [3.8, 4) is 0 Å². The maximum Gasteiger partial charge on any atom is -0.00199 e. The van der Waals surface area contributed by atoms with Crippen LogP contribution in [0.15, 0.2) is 60.7 Å². The van der Waals surface area contributed by atoms with Crippen LogP contribution < -0.4 is 0 Å². The van der Waals surface area contributed by atoms with Crippen molar-refractivity contribution in [3.63, 3.8) is 0 Å². The fraction of sp³-hybridized carbons (Fsp3) is 0.111. The second-order valence-corrected chi connectivity index (χ2v) is 5.09. The molecule has 0 saturated carbocycles. The van der Waals surface area contributed by atoms with Crippen molar-refractivity contribution in [2.45, 2.75) is 12.8 Å². The van der Waals surface area contributed by atoms with Crippen LogP contribution >= 0.6 is 0 Å². The first-order valence-corrected chi connectivity index (χ1v) is 6.47. The van der Waals surface area contributed by atoms with Crippen LogP contribution in [0.25, 0.3) is 10.8 Å². The number of hydrogen-bond donors (Lipinski definition) is 0. The number of hydrogen-bond acceptors (Lipinski definition) is 0. The minimum absolute atomic E-state index is 1.08. The minimum atomic E-state index is 1.08. The SMILES string of the molecule is c1ccc2c(c1)Cc1cc3ccccc3cc1C2. The summed E-state index contributed by atoms with van der Waals surface area (Å²) in [5.41, 5.74) is 5.96. The molecule has 0 aromatic heterocycles. The Hall–Kier alpha value is -2.08. The molecule has 3 aromatic rings. The fourth-order valence-electron chi connectivity index (χ4n) is 2.98. The first-order valence-electron chi connectivity index (χ1n) is 6.47. The zero-order valence-electron chi connectivity index (χ0n) is 10.2. The normalized spacial score (nSPS) is 13.1. The van der Waals surface area contributed by atoms with Crippen LogP contribution in [0.1, 0.15) is 22.3 Å². The van der Waals surface area contributed by atoms with Gasteiger partial charge in [0.25, 0.3) is 0 Å². The Bertz CT molecular complexity index is 674. The van der Waals surface area contributed by atoms with Crippen molar-refractivity contribution in [1.82, 2.24) is 0 Å². The smallest absolute Gasteiger partial charge is 0.00199 e. The molecule has 0 heterocycles. The largest absolute Gasteiger partial charge is 0.0620 e. The summed E-state index contributed by atoms with van der Waals surface area (Å²) in [6.45, 7) is 0. The molecule has 18 heavy (non-hydrogen) atoms. The predicted octanol–water partition coefficient (Wildman–Crippen LogP) is 4.33. The lowest BCUT2D eigenvalue weighted by Crippen LogP contribution is -2.06. The molecule has 3 aromatic carbocycles. The fourth-order valence-corrected chi connectivity index (χ4v) is 2.98. The van der Waals surface area contributed by atoms with Crippen molar-refractivity contribution in [2.75, 3.05) is 0 Å². The molecule has 0 spiro atoms. The summed E-state index contributed by atoms with van der Waals surface area (Å²) in [4.78, 5) is 0. The van der Waals surface area contributed by atoms with Gasteiger partial charge in [0.15, 0.2) is 0 Å². The zero-order chi connectivity index (χ0) is 11.9. The van der Waals surface area contributed by atoms with Crippen molar-refractivity contribution in [3.05, 3.63) is 82.9 Å². The van der Waals surface area contributed by atoms with E-state index in [1.165, 1.54) is 33.0 Å². The van der Waals surface area contributed by atoms with Gasteiger partial charge in [0.2, 0.25) is 0 Å². The molecule has 1 aliphatic carbocycles. The summed E-state index contributed by atoms with van der Waals surface area (Å²) in [6, 6.07) is 22.2. The molecule has 86 valence electrons. The van der Waals surface area contributed by atoms with Gasteiger partial charge in [-0.1, -0.05) is 60.7 Å². The van der Waals surface area contributed by atoms with E-state index in [0.29, 0.717) is 0 Å². The van der Waals surface area contributed by atoms with Crippen LogP contribution in [0.4, 0.5) is 0 Å². The molecular weight excluding hydrogens is 216 g/mol. The monoisotopic (exact) mass is 230 g/mol. The predicted molar refractivity (Wildman–Crippen MR) is 76.0 cm³/mol. The molecule has 0 aliphatic heterocycles. The second-order valence-electron chi connectivity index (χ2n) is 5.09. The van der Waals surface area contributed by atoms with Crippen LogP contribution in [0, 0.1) is 0 Å². The number of fused-ring (bicyclic) bond motifs is 3. The van der Waals surface area contributed by atoms with Gasteiger partial charge in [-0.15, -0.1) is 0 Å². The van der Waals surface area contributed by atoms with Crippen LogP contribution in [0.5, 0.6) is 0 Å². The van der Waals surface area contributed by atoms with E-state index in [1.54, 1.807) is 0 Å². The Kier molecular flexibility index (Phi) is 2.04. The maximum atomic E-state index is 2.36. The van der Waals surface area contributed by atoms with E-state index in [0.717, 1.165) is 12.8 Å². The highest BCUT2D eigenvalue weighted by atomic mass is 14.2. The average molecular weight is 230 g/mol. The van der Waals surface area contributed by atoms with E-state index >= 15 is 0 Å². The van der Waals surface area contributed by atoms with E-state index in [9.17, 15) is 0 Å². The van der Waals surface area contributed by atoms with Gasteiger partial charge in [0.05, 0.1) is 0 Å². The first-order chi connectivity index (χ1) is 8.90. The summed E-state index contributed by atoms with van der Waals surface area (Å²) >= 11 is 0. The first kappa shape index (κ1) is 9.90. The van der Waals surface area contributed by atoms with Gasteiger partial charge in [-0.25, -0.2) is 0 Å². The van der Waals surface area contributed by atoms with Crippen molar-refractivity contribution >= 4 is 10.8 Å². The van der Waals surface area contributed by atoms with Crippen LogP contribution in [0.3, 0.4) is 0 Å². The van der Waals surface area contributed by atoms with E-state index in [2.05, 4.69) is 60.7 Å². The topological polar surface area (TPSA) is 0 Å². The molecule has 0 heteroatoms. The van der Waals surface area contributed by atoms with Gasteiger partial charge < -0.3 is 0 Å². The average Bonchev–Trinajstić information content (AvgIpc) is 2.42. The molecule has 1 aliphatic rings. The molecule has 0 amide bonds. The molecule has 4 rings (SSSR count). The third kappa shape index (κ3) is 1.46. The quantitative estimate of drug-likeness (QED) is 0.421. The van der Waals surface area contributed by atoms with Crippen molar-refractivity contribution < 1.29 is 0 Å². The van der Waals surface area contributed by atoms with Crippen LogP contribution in [-0.2, 0) is 12.8 Å². The second kappa shape index (κ2) is 3.71. The molecule has 0 fully saturated rings. The van der Waals surface area contributed by atoms with Crippen molar-refractivity contribution in [1.29, 1.82) is 0 Å². The Morgan fingerprint density at radius 1 is 0.500 bits per heavy atom. The van der Waals surface area contributed by atoms with Crippen molar-refractivity contribution in [2.24, 2.45) is 0 Å². The molecule has 0 saturated heterocycles. The van der Waals surface area contributed by atoms with Crippen LogP contribution in [-0.4, -0.2) is 0 Å². The summed E-state index contributed by atoms with van der Waals surface area (Å²) in [6.07, 6.45) is 2.16. The Balaban J connectivity index is 1.92. The summed E-state index contributed by atoms with van der Waals surface area (Å²) in [5, 5.41) is 2.71. The molecular formula is C18H14. The Labute approximate surface area is 107 Å². The number of rotatable bonds is 0. The molecule has 0 N–H and O–H groups in total. The molecule has 0 atom stereocenters. The summed E-state index contributed by atoms with van der Waals surface area (Å²) in [7, 11) is 0. The maximum absolute atomic E-state index is 2.36. The molecule has 0 radical (unpaired) electrons. The van der Waals surface area contributed by atoms with Gasteiger partial charge in [0, 0.05) is 0 Å². The van der Waals surface area contributed by atoms with Crippen LogP contribution in [0.2, 0.25) is 0 Å². The lowest BCUT2D eigenvalue weighted by Gasteiger charge is -2.20. The highest BCUT2D eigenvalue weighted by molar-refractivity contribution is 5.84. The summed E-state index contributed by atoms with van der Waals surface area (Å²) in [5.74, 6) is 0. The van der Waals surface area contributed by atoms with Gasteiger partial charge in [-0.3, -0.25) is 0 Å². The van der Waals surface area contributed by atoms with Gasteiger partial charge >= 0.3 is 0 Å². The number of benzene rings is 3. The molecule has 0 bridgehead atoms. The summed E-state index contributed by atoms with van der Waals surface area (Å²) < 4.78 is 0. The lowest BCUT2D eigenvalue weighted by atomic mass is 9.85. The highest BCUT2D eigenvalue weighted by Crippen LogP contribution is 2.30. The van der Waals surface area contributed by atoms with E-state index in [4.69, 9.17) is 0 Å². The van der Waals surface area contributed by atoms with E-state index in [-0.39, 0.29) is 0 Å². The third-order valence-electron chi connectivity index (χ3n) is 3.95. The van der Waals surface area contributed by atoms with Gasteiger partial charge in [-0.2, -0.15) is 0 Å². The molecule has 0 unspecified atom stereocenters. The van der Waals surface area contributed by atoms with E-state index < -0.39 is 0 Å². The third-order valence-corrected chi connectivity index (χ3v) is 3.95. The zero-order valence-corrected chi connectivity index (χ0v) is 10.2. The minimum Gasteiger partial charge on any atom is -0.0620 e. The molecule has 0 nitrogen and oxygen atoms in total. The highest BCUT2D eigenvalue weighted by Gasteiger charge is 2.14. The standard InChI is InChI=1S/C18H14/c1-2-6-14-10-18-12-16-8-4-3-7-15(16)11-17(18)9-13(14)5-1/h1-10H,11-12H2. The Morgan fingerprint density at radius 2 is 0.944 bits per heavy atom. The Morgan fingerprint density at radius 3 is 1.44 bits per heavy atom.